The van der Waals surface area contributed by atoms with Crippen LogP contribution in [0.2, 0.25) is 0 Å². The Hall–Kier alpha value is -0.390. The lowest BCUT2D eigenvalue weighted by atomic mass is 10.4. The van der Waals surface area contributed by atoms with E-state index < -0.39 is 15.7 Å². The number of nitrogens with one attached hydrogen (secondary N) is 1. The maximum atomic E-state index is 11.1. The molecule has 0 aromatic heterocycles. The predicted octanol–water partition coefficient (Wildman–Crippen LogP) is 1.46. The SMILES string of the molecule is [NH]CS(=O)(=O)c1ccc(Br)cc1. The molecule has 0 saturated heterocycles. The van der Waals surface area contributed by atoms with Crippen LogP contribution in [0.15, 0.2) is 33.6 Å². The summed E-state index contributed by atoms with van der Waals surface area (Å²) in [7, 11) is -3.37. The second-order valence-electron chi connectivity index (χ2n) is 2.21. The molecule has 0 saturated carbocycles. The van der Waals surface area contributed by atoms with Crippen LogP contribution in [0.4, 0.5) is 0 Å². The van der Waals surface area contributed by atoms with E-state index in [1.54, 1.807) is 12.1 Å². The Balaban J connectivity index is 3.14. The van der Waals surface area contributed by atoms with Crippen LogP contribution in [0.25, 0.3) is 0 Å². The number of hydrogen-bond acceptors (Lipinski definition) is 2. The van der Waals surface area contributed by atoms with E-state index in [1.807, 2.05) is 0 Å². The van der Waals surface area contributed by atoms with Gasteiger partial charge in [-0.15, -0.1) is 0 Å². The van der Waals surface area contributed by atoms with Gasteiger partial charge in [0, 0.05) is 4.47 Å². The highest BCUT2D eigenvalue weighted by Crippen LogP contribution is 2.14. The van der Waals surface area contributed by atoms with Crippen LogP contribution in [0, 0.1) is 0 Å². The summed E-state index contributed by atoms with van der Waals surface area (Å²) in [6.07, 6.45) is 0. The zero-order valence-electron chi connectivity index (χ0n) is 6.12. The van der Waals surface area contributed by atoms with Gasteiger partial charge in [-0.2, -0.15) is 0 Å². The number of benzene rings is 1. The number of rotatable bonds is 2. The van der Waals surface area contributed by atoms with Crippen LogP contribution in [-0.2, 0) is 9.84 Å². The summed E-state index contributed by atoms with van der Waals surface area (Å²) < 4.78 is 23.0. The molecule has 12 heavy (non-hydrogen) atoms. The van der Waals surface area contributed by atoms with Crippen molar-refractivity contribution < 1.29 is 8.42 Å². The average Bonchev–Trinajstić information content (AvgIpc) is 2.05. The van der Waals surface area contributed by atoms with Gasteiger partial charge in [-0.05, 0) is 24.3 Å². The summed E-state index contributed by atoms with van der Waals surface area (Å²) in [6, 6.07) is 6.24. The Bertz CT molecular complexity index is 357. The number of halogens is 1. The summed E-state index contributed by atoms with van der Waals surface area (Å²) in [6.45, 7) is 0. The third-order valence-electron chi connectivity index (χ3n) is 1.36. The summed E-state index contributed by atoms with van der Waals surface area (Å²) in [5.41, 5.74) is 6.80. The zero-order chi connectivity index (χ0) is 9.19. The van der Waals surface area contributed by atoms with Gasteiger partial charge >= 0.3 is 0 Å². The largest absolute Gasteiger partial charge is 0.241 e. The van der Waals surface area contributed by atoms with E-state index in [4.69, 9.17) is 5.73 Å². The Labute approximate surface area is 79.6 Å². The first-order chi connectivity index (χ1) is 5.56. The molecule has 0 fully saturated rings. The first kappa shape index (κ1) is 9.70. The molecule has 1 aromatic rings. The fourth-order valence-electron chi connectivity index (χ4n) is 0.725. The van der Waals surface area contributed by atoms with Crippen LogP contribution < -0.4 is 5.73 Å². The van der Waals surface area contributed by atoms with Gasteiger partial charge < -0.3 is 0 Å². The lowest BCUT2D eigenvalue weighted by Gasteiger charge is -1.99. The molecule has 1 radical (unpaired) electrons. The van der Waals surface area contributed by atoms with E-state index >= 15 is 0 Å². The summed E-state index contributed by atoms with van der Waals surface area (Å²) >= 11 is 3.19. The molecular weight excluding hydrogens is 242 g/mol. The molecule has 0 bridgehead atoms. The Kier molecular flexibility index (Phi) is 2.87. The first-order valence-electron chi connectivity index (χ1n) is 3.19. The Morgan fingerprint density at radius 1 is 1.25 bits per heavy atom. The van der Waals surface area contributed by atoms with Gasteiger partial charge in [-0.1, -0.05) is 15.9 Å². The molecule has 0 heterocycles. The lowest BCUT2D eigenvalue weighted by molar-refractivity contribution is 0.595. The Morgan fingerprint density at radius 3 is 2.17 bits per heavy atom. The van der Waals surface area contributed by atoms with Crippen molar-refractivity contribution in [2.45, 2.75) is 4.90 Å². The van der Waals surface area contributed by atoms with E-state index in [-0.39, 0.29) is 4.90 Å². The molecule has 0 atom stereocenters. The fourth-order valence-corrected chi connectivity index (χ4v) is 1.71. The smallest absolute Gasteiger partial charge is 0.192 e. The minimum absolute atomic E-state index is 0.195. The van der Waals surface area contributed by atoms with Gasteiger partial charge in [0.05, 0.1) is 4.90 Å². The molecule has 1 rings (SSSR count). The quantitative estimate of drug-likeness (QED) is 0.796. The third-order valence-corrected chi connectivity index (χ3v) is 3.26. The minimum atomic E-state index is -3.37. The van der Waals surface area contributed by atoms with Crippen molar-refractivity contribution in [3.63, 3.8) is 0 Å². The van der Waals surface area contributed by atoms with Crippen LogP contribution in [-0.4, -0.2) is 14.3 Å². The lowest BCUT2D eigenvalue weighted by Crippen LogP contribution is -2.06. The summed E-state index contributed by atoms with van der Waals surface area (Å²) in [5, 5.41) is 0. The number of hydrogen-bond donors (Lipinski definition) is 0. The molecule has 65 valence electrons. The van der Waals surface area contributed by atoms with E-state index in [0.29, 0.717) is 0 Å². The molecule has 1 aromatic carbocycles. The second-order valence-corrected chi connectivity index (χ2v) is 5.12. The third kappa shape index (κ3) is 2.06. The molecule has 0 aliphatic carbocycles. The fraction of sp³-hybridized carbons (Fsp3) is 0.143. The van der Waals surface area contributed by atoms with Gasteiger partial charge in [0.15, 0.2) is 9.84 Å². The van der Waals surface area contributed by atoms with Gasteiger partial charge in [0.1, 0.15) is 5.88 Å². The molecule has 0 aliphatic heterocycles. The van der Waals surface area contributed by atoms with Gasteiger partial charge in [0.25, 0.3) is 0 Å². The highest BCUT2D eigenvalue weighted by molar-refractivity contribution is 9.10. The highest BCUT2D eigenvalue weighted by atomic mass is 79.9. The average molecular weight is 249 g/mol. The highest BCUT2D eigenvalue weighted by Gasteiger charge is 2.10. The maximum absolute atomic E-state index is 11.1. The summed E-state index contributed by atoms with van der Waals surface area (Å²) in [5.74, 6) is -0.603. The van der Waals surface area contributed by atoms with Crippen LogP contribution in [0.1, 0.15) is 0 Å². The zero-order valence-corrected chi connectivity index (χ0v) is 8.52. The van der Waals surface area contributed by atoms with Crippen LogP contribution >= 0.6 is 15.9 Å². The van der Waals surface area contributed by atoms with Gasteiger partial charge in [0.2, 0.25) is 0 Å². The molecule has 5 heteroatoms. The van der Waals surface area contributed by atoms with E-state index in [0.717, 1.165) is 4.47 Å². The molecule has 0 unspecified atom stereocenters. The van der Waals surface area contributed by atoms with Crippen molar-refractivity contribution in [1.82, 2.24) is 5.73 Å². The van der Waals surface area contributed by atoms with E-state index in [1.165, 1.54) is 12.1 Å². The molecule has 1 N–H and O–H groups in total. The predicted molar refractivity (Wildman–Crippen MR) is 49.3 cm³/mol. The van der Waals surface area contributed by atoms with Crippen LogP contribution in [0.5, 0.6) is 0 Å². The van der Waals surface area contributed by atoms with Crippen molar-refractivity contribution in [3.05, 3.63) is 28.7 Å². The van der Waals surface area contributed by atoms with Crippen LogP contribution in [0.3, 0.4) is 0 Å². The van der Waals surface area contributed by atoms with Crippen molar-refractivity contribution >= 4 is 25.8 Å². The Morgan fingerprint density at radius 2 is 1.75 bits per heavy atom. The van der Waals surface area contributed by atoms with E-state index in [9.17, 15) is 8.42 Å². The second kappa shape index (κ2) is 3.55. The van der Waals surface area contributed by atoms with Gasteiger partial charge in [-0.3, -0.25) is 0 Å². The normalized spacial score (nSPS) is 11.5. The molecular formula is C7H7BrNO2S. The van der Waals surface area contributed by atoms with E-state index in [2.05, 4.69) is 15.9 Å². The van der Waals surface area contributed by atoms with Crippen molar-refractivity contribution in [1.29, 1.82) is 0 Å². The monoisotopic (exact) mass is 248 g/mol. The standard InChI is InChI=1S/C7H7BrNO2S/c8-6-1-3-7(4-2-6)12(10,11)5-9/h1-4,9H,5H2. The maximum Gasteiger partial charge on any atom is 0.192 e. The van der Waals surface area contributed by atoms with Gasteiger partial charge in [-0.25, -0.2) is 14.2 Å². The molecule has 0 amide bonds. The van der Waals surface area contributed by atoms with Crippen molar-refractivity contribution in [2.75, 3.05) is 5.88 Å². The van der Waals surface area contributed by atoms with Crippen molar-refractivity contribution in [3.8, 4) is 0 Å². The topological polar surface area (TPSA) is 57.9 Å². The van der Waals surface area contributed by atoms with Crippen molar-refractivity contribution in [2.24, 2.45) is 0 Å². The first-order valence-corrected chi connectivity index (χ1v) is 5.64. The minimum Gasteiger partial charge on any atom is -0.241 e. The molecule has 0 spiro atoms. The molecule has 0 aliphatic rings. The molecule has 3 nitrogen and oxygen atoms in total. The summed E-state index contributed by atoms with van der Waals surface area (Å²) in [4.78, 5) is 0.195. The number of sulfone groups is 1.